The van der Waals surface area contributed by atoms with Gasteiger partial charge < -0.3 is 28.0 Å². The Morgan fingerprint density at radius 1 is 1.04 bits per heavy atom. The zero-order valence-electron chi connectivity index (χ0n) is 14.5. The van der Waals surface area contributed by atoms with E-state index in [4.69, 9.17) is 28.0 Å². The molecule has 1 rings (SSSR count). The van der Waals surface area contributed by atoms with E-state index < -0.39 is 43.8 Å². The first-order valence-electron chi connectivity index (χ1n) is 7.20. The van der Waals surface area contributed by atoms with Crippen LogP contribution in [0.4, 0.5) is 0 Å². The van der Waals surface area contributed by atoms with Gasteiger partial charge in [-0.3, -0.25) is 18.9 Å². The molecule has 0 amide bonds. The van der Waals surface area contributed by atoms with E-state index in [0.717, 1.165) is 34.3 Å². The van der Waals surface area contributed by atoms with Gasteiger partial charge in [-0.05, 0) is 0 Å². The van der Waals surface area contributed by atoms with Gasteiger partial charge in [-0.2, -0.15) is 0 Å². The number of ether oxygens (including phenoxy) is 4. The summed E-state index contributed by atoms with van der Waals surface area (Å²) in [6.07, 6.45) is -2.47. The lowest BCUT2D eigenvalue weighted by Gasteiger charge is -2.37. The Morgan fingerprint density at radius 3 is 2.04 bits per heavy atom. The molecule has 0 radical (unpaired) electrons. The quantitative estimate of drug-likeness (QED) is 0.361. The van der Waals surface area contributed by atoms with Crippen LogP contribution >= 0.6 is 7.60 Å². The summed E-state index contributed by atoms with van der Waals surface area (Å²) in [5.74, 6) is -2.01. The fraction of sp³-hybridized carbons (Fsp3) is 0.643. The monoisotopic (exact) mass is 380 g/mol. The van der Waals surface area contributed by atoms with Crippen LogP contribution in [0.5, 0.6) is 0 Å². The fourth-order valence-electron chi connectivity index (χ4n) is 2.14. The molecule has 0 spiro atoms. The van der Waals surface area contributed by atoms with Crippen molar-refractivity contribution in [3.8, 4) is 0 Å². The van der Waals surface area contributed by atoms with Crippen molar-refractivity contribution in [1.82, 2.24) is 0 Å². The van der Waals surface area contributed by atoms with E-state index in [0.29, 0.717) is 0 Å². The molecule has 0 aromatic rings. The van der Waals surface area contributed by atoms with E-state index in [1.54, 1.807) is 0 Å². The third kappa shape index (κ3) is 5.55. The van der Waals surface area contributed by atoms with E-state index in [9.17, 15) is 18.9 Å². The zero-order chi connectivity index (χ0) is 19.2. The number of hydrogen-bond donors (Lipinski definition) is 0. The molecule has 0 aliphatic carbocycles. The van der Waals surface area contributed by atoms with Gasteiger partial charge in [0.15, 0.2) is 18.3 Å². The van der Waals surface area contributed by atoms with E-state index in [-0.39, 0.29) is 11.9 Å². The molecular formula is C14H21O10P. The molecule has 0 fully saturated rings. The second kappa shape index (κ2) is 8.98. The molecule has 11 heteroatoms. The van der Waals surface area contributed by atoms with Crippen LogP contribution in [0, 0.1) is 0 Å². The van der Waals surface area contributed by atoms with Gasteiger partial charge in [-0.1, -0.05) is 0 Å². The van der Waals surface area contributed by atoms with E-state index in [1.165, 1.54) is 6.92 Å². The minimum atomic E-state index is -3.85. The molecule has 1 aliphatic rings. The van der Waals surface area contributed by atoms with Gasteiger partial charge in [-0.25, -0.2) is 0 Å². The summed E-state index contributed by atoms with van der Waals surface area (Å²) in [5, 5.41) is -0.141. The average molecular weight is 380 g/mol. The van der Waals surface area contributed by atoms with Crippen LogP contribution in [0.25, 0.3) is 0 Å². The summed E-state index contributed by atoms with van der Waals surface area (Å²) in [6, 6.07) is 0. The lowest BCUT2D eigenvalue weighted by molar-refractivity contribution is -0.179. The topological polar surface area (TPSA) is 124 Å². The van der Waals surface area contributed by atoms with Gasteiger partial charge in [-0.15, -0.1) is 0 Å². The van der Waals surface area contributed by atoms with Gasteiger partial charge in [0.25, 0.3) is 0 Å². The van der Waals surface area contributed by atoms with Gasteiger partial charge >= 0.3 is 25.5 Å². The van der Waals surface area contributed by atoms with Crippen molar-refractivity contribution in [3.63, 3.8) is 0 Å². The van der Waals surface area contributed by atoms with Crippen LogP contribution in [-0.2, 0) is 46.9 Å². The number of carbonyl (C=O) groups excluding carboxylic acids is 3. The smallest absolute Gasteiger partial charge is 0.363 e. The normalized spacial score (nSPS) is 23.1. The average Bonchev–Trinajstić information content (AvgIpc) is 2.53. The Bertz CT molecular complexity index is 590. The Labute approximate surface area is 144 Å². The summed E-state index contributed by atoms with van der Waals surface area (Å²) in [6.45, 7) is 3.18. The van der Waals surface area contributed by atoms with E-state index in [2.05, 4.69) is 0 Å². The van der Waals surface area contributed by atoms with Crippen molar-refractivity contribution in [2.45, 2.75) is 39.1 Å². The second-order valence-electron chi connectivity index (χ2n) is 4.99. The largest absolute Gasteiger partial charge is 0.490 e. The lowest BCUT2D eigenvalue weighted by Crippen LogP contribution is -2.49. The minimum Gasteiger partial charge on any atom is -0.490 e. The maximum absolute atomic E-state index is 12.7. The highest BCUT2D eigenvalue weighted by atomic mass is 31.2. The Balaban J connectivity index is 3.29. The second-order valence-corrected chi connectivity index (χ2v) is 7.23. The molecule has 1 unspecified atom stereocenters. The highest BCUT2D eigenvalue weighted by Gasteiger charge is 2.49. The highest BCUT2D eigenvalue weighted by molar-refractivity contribution is 7.58. The van der Waals surface area contributed by atoms with Crippen molar-refractivity contribution < 1.29 is 46.9 Å². The molecule has 0 saturated heterocycles. The van der Waals surface area contributed by atoms with Crippen molar-refractivity contribution in [2.24, 2.45) is 0 Å². The Hall–Kier alpha value is -1.90. The molecule has 0 bridgehead atoms. The highest BCUT2D eigenvalue weighted by Crippen LogP contribution is 2.58. The first-order valence-corrected chi connectivity index (χ1v) is 8.74. The third-order valence-corrected chi connectivity index (χ3v) is 5.12. The molecule has 142 valence electrons. The molecule has 10 nitrogen and oxygen atoms in total. The lowest BCUT2D eigenvalue weighted by atomic mass is 10.1. The van der Waals surface area contributed by atoms with Gasteiger partial charge in [0.2, 0.25) is 0 Å². The van der Waals surface area contributed by atoms with Crippen molar-refractivity contribution in [3.05, 3.63) is 11.6 Å². The SMILES string of the molecule is COP(=O)(OC)C1=COC(COC(C)=O)[C@@H](OC(C)=O)[C@@H]1OC(C)=O. The summed E-state index contributed by atoms with van der Waals surface area (Å²) >= 11 is 0. The number of esters is 3. The Morgan fingerprint density at radius 2 is 1.60 bits per heavy atom. The zero-order valence-corrected chi connectivity index (χ0v) is 15.4. The molecule has 1 aliphatic heterocycles. The van der Waals surface area contributed by atoms with Gasteiger partial charge in [0, 0.05) is 35.0 Å². The number of hydrogen-bond acceptors (Lipinski definition) is 10. The van der Waals surface area contributed by atoms with Crippen LogP contribution in [0.3, 0.4) is 0 Å². The maximum atomic E-state index is 12.7. The van der Waals surface area contributed by atoms with Crippen molar-refractivity contribution >= 4 is 25.5 Å². The summed E-state index contributed by atoms with van der Waals surface area (Å²) in [4.78, 5) is 33.9. The van der Waals surface area contributed by atoms with E-state index >= 15 is 0 Å². The predicted molar refractivity (Wildman–Crippen MR) is 82.3 cm³/mol. The van der Waals surface area contributed by atoms with Crippen LogP contribution in [-0.4, -0.2) is 57.0 Å². The molecule has 0 saturated carbocycles. The van der Waals surface area contributed by atoms with Crippen LogP contribution in [0.15, 0.2) is 11.6 Å². The van der Waals surface area contributed by atoms with Crippen molar-refractivity contribution in [2.75, 3.05) is 20.8 Å². The molecule has 25 heavy (non-hydrogen) atoms. The first-order chi connectivity index (χ1) is 11.6. The maximum Gasteiger partial charge on any atom is 0.363 e. The molecule has 0 N–H and O–H groups in total. The van der Waals surface area contributed by atoms with Gasteiger partial charge in [0.1, 0.15) is 11.9 Å². The first kappa shape index (κ1) is 21.1. The van der Waals surface area contributed by atoms with Crippen LogP contribution in [0.2, 0.25) is 0 Å². The molecular weight excluding hydrogens is 359 g/mol. The summed E-state index contributed by atoms with van der Waals surface area (Å²) in [5.41, 5.74) is 0. The van der Waals surface area contributed by atoms with E-state index in [1.807, 2.05) is 0 Å². The summed E-state index contributed by atoms with van der Waals surface area (Å²) < 4.78 is 43.0. The predicted octanol–water partition coefficient (Wildman–Crippen LogP) is 1.14. The standard InChI is InChI=1S/C14H21O10P/c1-8(15)21-6-11-13(23-9(2)16)14(24-10(3)17)12(7-22-11)25(18,19-4)20-5/h7,11,13-14H,6H2,1-5H3/t11?,13-,14-/m1/s1. The van der Waals surface area contributed by atoms with Crippen LogP contribution in [0.1, 0.15) is 20.8 Å². The molecule has 0 aromatic carbocycles. The minimum absolute atomic E-state index is 0.141. The third-order valence-electron chi connectivity index (χ3n) is 3.16. The van der Waals surface area contributed by atoms with Crippen molar-refractivity contribution in [1.29, 1.82) is 0 Å². The van der Waals surface area contributed by atoms with Gasteiger partial charge in [0.05, 0.1) is 6.26 Å². The molecule has 1 heterocycles. The van der Waals surface area contributed by atoms with Crippen LogP contribution < -0.4 is 0 Å². The Kier molecular flexibility index (Phi) is 7.60. The summed E-state index contributed by atoms with van der Waals surface area (Å²) in [7, 11) is -1.57. The fourth-order valence-corrected chi connectivity index (χ4v) is 3.41. The molecule has 0 aromatic heterocycles. The number of carbonyl (C=O) groups is 3. The molecule has 3 atom stereocenters. The number of rotatable bonds is 7.